The molecule has 0 aliphatic heterocycles. The molecule has 1 nitrogen and oxygen atoms in total. The minimum Gasteiger partial charge on any atom is -0.389 e. The Kier molecular flexibility index (Phi) is 0.995. The van der Waals surface area contributed by atoms with Crippen LogP contribution in [0.15, 0.2) is 23.8 Å². The normalized spacial score (nSPS) is 39.0. The zero-order valence-electron chi connectivity index (χ0n) is 5.25. The smallest absolute Gasteiger partial charge is 0.0761 e. The van der Waals surface area contributed by atoms with E-state index in [1.165, 1.54) is 5.57 Å². The molecule has 0 aromatic heterocycles. The minimum absolute atomic E-state index is 0.111. The molecule has 48 valence electrons. The molecule has 1 fully saturated rings. The summed E-state index contributed by atoms with van der Waals surface area (Å²) in [6, 6.07) is 0. The maximum absolute atomic E-state index is 9.14. The topological polar surface area (TPSA) is 20.2 Å². The Morgan fingerprint density at radius 2 is 2.44 bits per heavy atom. The molecule has 2 unspecified atom stereocenters. The van der Waals surface area contributed by atoms with E-state index in [1.807, 2.05) is 12.2 Å². The maximum atomic E-state index is 9.14. The van der Waals surface area contributed by atoms with Gasteiger partial charge in [0.25, 0.3) is 0 Å². The van der Waals surface area contributed by atoms with Crippen LogP contribution >= 0.6 is 0 Å². The molecule has 0 heterocycles. The van der Waals surface area contributed by atoms with Crippen LogP contribution in [-0.2, 0) is 0 Å². The predicted octanol–water partition coefficient (Wildman–Crippen LogP) is 1.25. The van der Waals surface area contributed by atoms with E-state index < -0.39 is 0 Å². The minimum atomic E-state index is -0.111. The molecular formula is C8H10O. The van der Waals surface area contributed by atoms with Crippen molar-refractivity contribution < 1.29 is 5.11 Å². The lowest BCUT2D eigenvalue weighted by Crippen LogP contribution is -2.32. The number of hydrogen-bond donors (Lipinski definition) is 1. The van der Waals surface area contributed by atoms with Crippen molar-refractivity contribution in [1.82, 2.24) is 0 Å². The van der Waals surface area contributed by atoms with Crippen LogP contribution in [0.3, 0.4) is 0 Å². The third kappa shape index (κ3) is 0.648. The van der Waals surface area contributed by atoms with Crippen molar-refractivity contribution in [2.24, 2.45) is 5.92 Å². The monoisotopic (exact) mass is 122 g/mol. The lowest BCUT2D eigenvalue weighted by atomic mass is 9.73. The molecule has 2 rings (SSSR count). The Balaban J connectivity index is 2.21. The van der Waals surface area contributed by atoms with Gasteiger partial charge in [0.05, 0.1) is 6.10 Å². The molecule has 0 radical (unpaired) electrons. The Morgan fingerprint density at radius 1 is 1.56 bits per heavy atom. The second-order valence-corrected chi connectivity index (χ2v) is 2.78. The van der Waals surface area contributed by atoms with Gasteiger partial charge in [-0.05, 0) is 24.3 Å². The molecular weight excluding hydrogens is 112 g/mol. The number of hydrogen-bond acceptors (Lipinski definition) is 1. The van der Waals surface area contributed by atoms with Gasteiger partial charge in [0.15, 0.2) is 0 Å². The molecule has 1 heteroatoms. The van der Waals surface area contributed by atoms with Gasteiger partial charge < -0.3 is 5.11 Å². The van der Waals surface area contributed by atoms with Crippen molar-refractivity contribution in [1.29, 1.82) is 0 Å². The predicted molar refractivity (Wildman–Crippen MR) is 36.0 cm³/mol. The quantitative estimate of drug-likeness (QED) is 0.512. The highest BCUT2D eigenvalue weighted by atomic mass is 16.3. The van der Waals surface area contributed by atoms with E-state index in [-0.39, 0.29) is 6.10 Å². The van der Waals surface area contributed by atoms with Gasteiger partial charge in [-0.15, -0.1) is 0 Å². The van der Waals surface area contributed by atoms with Crippen LogP contribution in [0.4, 0.5) is 0 Å². The van der Waals surface area contributed by atoms with Gasteiger partial charge in [-0.2, -0.15) is 0 Å². The largest absolute Gasteiger partial charge is 0.389 e. The lowest BCUT2D eigenvalue weighted by Gasteiger charge is -2.36. The summed E-state index contributed by atoms with van der Waals surface area (Å²) >= 11 is 0. The maximum Gasteiger partial charge on any atom is 0.0761 e. The molecule has 1 saturated carbocycles. The summed E-state index contributed by atoms with van der Waals surface area (Å²) in [7, 11) is 0. The summed E-state index contributed by atoms with van der Waals surface area (Å²) < 4.78 is 0. The standard InChI is InChI=1S/C8H10O/c9-8-5-6-3-1-2-4-7(6)8/h1-2,4,6,8-9H,3,5H2. The highest BCUT2D eigenvalue weighted by Crippen LogP contribution is 2.38. The summed E-state index contributed by atoms with van der Waals surface area (Å²) in [4.78, 5) is 0. The zero-order chi connectivity index (χ0) is 6.27. The number of aliphatic hydroxyl groups excluding tert-OH is 1. The average molecular weight is 122 g/mol. The first-order chi connectivity index (χ1) is 4.38. The Bertz CT molecular complexity index is 179. The van der Waals surface area contributed by atoms with Crippen molar-refractivity contribution in [2.75, 3.05) is 0 Å². The van der Waals surface area contributed by atoms with Crippen molar-refractivity contribution in [3.63, 3.8) is 0 Å². The van der Waals surface area contributed by atoms with Gasteiger partial charge >= 0.3 is 0 Å². The molecule has 2 atom stereocenters. The molecule has 0 aromatic rings. The molecule has 2 aliphatic rings. The van der Waals surface area contributed by atoms with E-state index in [2.05, 4.69) is 6.08 Å². The first kappa shape index (κ1) is 5.24. The van der Waals surface area contributed by atoms with Gasteiger partial charge in [0, 0.05) is 0 Å². The van der Waals surface area contributed by atoms with Crippen LogP contribution < -0.4 is 0 Å². The fourth-order valence-corrected chi connectivity index (χ4v) is 1.55. The summed E-state index contributed by atoms with van der Waals surface area (Å²) in [6.45, 7) is 0. The number of rotatable bonds is 0. The van der Waals surface area contributed by atoms with E-state index in [9.17, 15) is 0 Å². The molecule has 2 aliphatic carbocycles. The van der Waals surface area contributed by atoms with Gasteiger partial charge in [0.1, 0.15) is 0 Å². The third-order valence-corrected chi connectivity index (χ3v) is 2.21. The van der Waals surface area contributed by atoms with Crippen LogP contribution in [0.25, 0.3) is 0 Å². The van der Waals surface area contributed by atoms with Crippen LogP contribution in [0, 0.1) is 5.92 Å². The molecule has 1 N–H and O–H groups in total. The van der Waals surface area contributed by atoms with Crippen molar-refractivity contribution in [3.05, 3.63) is 23.8 Å². The van der Waals surface area contributed by atoms with E-state index >= 15 is 0 Å². The SMILES string of the molecule is OC1CC2CC=CC=C12. The summed E-state index contributed by atoms with van der Waals surface area (Å²) in [5.74, 6) is 0.685. The van der Waals surface area contributed by atoms with Crippen LogP contribution in [0.1, 0.15) is 12.8 Å². The molecule has 0 aromatic carbocycles. The Labute approximate surface area is 54.7 Å². The lowest BCUT2D eigenvalue weighted by molar-refractivity contribution is 0.115. The van der Waals surface area contributed by atoms with Crippen LogP contribution in [-0.4, -0.2) is 11.2 Å². The van der Waals surface area contributed by atoms with E-state index in [1.54, 1.807) is 0 Å². The molecule has 0 spiro atoms. The van der Waals surface area contributed by atoms with Gasteiger partial charge in [-0.3, -0.25) is 0 Å². The second kappa shape index (κ2) is 1.71. The number of allylic oxidation sites excluding steroid dienone is 3. The summed E-state index contributed by atoms with van der Waals surface area (Å²) in [5, 5.41) is 9.14. The van der Waals surface area contributed by atoms with Crippen molar-refractivity contribution in [2.45, 2.75) is 18.9 Å². The van der Waals surface area contributed by atoms with E-state index in [0.29, 0.717) is 5.92 Å². The van der Waals surface area contributed by atoms with Crippen LogP contribution in [0.5, 0.6) is 0 Å². The number of aliphatic hydroxyl groups is 1. The van der Waals surface area contributed by atoms with Crippen molar-refractivity contribution >= 4 is 0 Å². The molecule has 0 saturated heterocycles. The molecule has 0 bridgehead atoms. The first-order valence-corrected chi connectivity index (χ1v) is 3.42. The highest BCUT2D eigenvalue weighted by molar-refractivity contribution is 5.30. The zero-order valence-corrected chi connectivity index (χ0v) is 5.25. The number of fused-ring (bicyclic) bond motifs is 1. The fraction of sp³-hybridized carbons (Fsp3) is 0.500. The van der Waals surface area contributed by atoms with Gasteiger partial charge in [-0.1, -0.05) is 18.2 Å². The highest BCUT2D eigenvalue weighted by Gasteiger charge is 2.32. The van der Waals surface area contributed by atoms with Crippen molar-refractivity contribution in [3.8, 4) is 0 Å². The van der Waals surface area contributed by atoms with Crippen LogP contribution in [0.2, 0.25) is 0 Å². The fourth-order valence-electron chi connectivity index (χ4n) is 1.55. The van der Waals surface area contributed by atoms with Gasteiger partial charge in [-0.25, -0.2) is 0 Å². The van der Waals surface area contributed by atoms with E-state index in [0.717, 1.165) is 12.8 Å². The Hall–Kier alpha value is -0.560. The second-order valence-electron chi connectivity index (χ2n) is 2.78. The third-order valence-electron chi connectivity index (χ3n) is 2.21. The van der Waals surface area contributed by atoms with E-state index in [4.69, 9.17) is 5.11 Å². The van der Waals surface area contributed by atoms with Gasteiger partial charge in [0.2, 0.25) is 0 Å². The first-order valence-electron chi connectivity index (χ1n) is 3.42. The molecule has 0 amide bonds. The average Bonchev–Trinajstić information content (AvgIpc) is 1.86. The summed E-state index contributed by atoms with van der Waals surface area (Å²) in [5.41, 5.74) is 1.25. The molecule has 9 heavy (non-hydrogen) atoms. The summed E-state index contributed by atoms with van der Waals surface area (Å²) in [6.07, 6.45) is 8.26. The Morgan fingerprint density at radius 3 is 3.00 bits per heavy atom.